The molecule has 1 saturated heterocycles. The van der Waals surface area contributed by atoms with Crippen LogP contribution in [-0.2, 0) is 11.3 Å². The molecule has 0 spiro atoms. The van der Waals surface area contributed by atoms with Crippen molar-refractivity contribution in [3.8, 4) is 0 Å². The molecule has 0 aromatic carbocycles. The Balaban J connectivity index is 1.91. The molecule has 0 unspecified atom stereocenters. The summed E-state index contributed by atoms with van der Waals surface area (Å²) in [5.41, 5.74) is 1.12. The lowest BCUT2D eigenvalue weighted by molar-refractivity contribution is 0.139. The first-order valence-corrected chi connectivity index (χ1v) is 7.62. The number of rotatable bonds is 6. The molecule has 1 aliphatic heterocycles. The second kappa shape index (κ2) is 7.60. The molecule has 0 saturated carbocycles. The maximum atomic E-state index is 5.25. The van der Waals surface area contributed by atoms with Gasteiger partial charge in [-0.25, -0.2) is 4.98 Å². The van der Waals surface area contributed by atoms with Crippen LogP contribution in [0.1, 0.15) is 32.4 Å². The van der Waals surface area contributed by atoms with E-state index in [-0.39, 0.29) is 0 Å². The van der Waals surface area contributed by atoms with E-state index in [2.05, 4.69) is 42.3 Å². The Morgan fingerprint density at radius 3 is 2.75 bits per heavy atom. The predicted octanol–water partition coefficient (Wildman–Crippen LogP) is 2.44. The van der Waals surface area contributed by atoms with Crippen molar-refractivity contribution in [2.45, 2.75) is 39.3 Å². The number of hydrogen-bond acceptors (Lipinski definition) is 4. The normalized spacial score (nSPS) is 16.9. The standard InChI is InChI=1S/C16H27N3O/c1-13(2)17-11-15-5-4-6-16(18-15)19-9-7-14(8-10-19)12-20-3/h4-6,13-14,17H,7-12H2,1-3H3. The van der Waals surface area contributed by atoms with Crippen molar-refractivity contribution in [3.63, 3.8) is 0 Å². The minimum Gasteiger partial charge on any atom is -0.384 e. The Morgan fingerprint density at radius 1 is 1.35 bits per heavy atom. The van der Waals surface area contributed by atoms with Crippen molar-refractivity contribution >= 4 is 5.82 Å². The SMILES string of the molecule is COCC1CCN(c2cccc(CNC(C)C)n2)CC1. The van der Waals surface area contributed by atoms with E-state index >= 15 is 0 Å². The van der Waals surface area contributed by atoms with Crippen LogP contribution in [0, 0.1) is 5.92 Å². The fraction of sp³-hybridized carbons (Fsp3) is 0.688. The van der Waals surface area contributed by atoms with E-state index in [1.54, 1.807) is 7.11 Å². The minimum atomic E-state index is 0.491. The first-order chi connectivity index (χ1) is 9.69. The Labute approximate surface area is 122 Å². The van der Waals surface area contributed by atoms with Crippen molar-refractivity contribution in [2.24, 2.45) is 5.92 Å². The molecular weight excluding hydrogens is 250 g/mol. The fourth-order valence-electron chi connectivity index (χ4n) is 2.61. The lowest BCUT2D eigenvalue weighted by Gasteiger charge is -2.32. The van der Waals surface area contributed by atoms with Gasteiger partial charge in [0.15, 0.2) is 0 Å². The van der Waals surface area contributed by atoms with Crippen LogP contribution in [0.3, 0.4) is 0 Å². The monoisotopic (exact) mass is 277 g/mol. The van der Waals surface area contributed by atoms with E-state index in [9.17, 15) is 0 Å². The summed E-state index contributed by atoms with van der Waals surface area (Å²) in [5, 5.41) is 3.42. The van der Waals surface area contributed by atoms with Gasteiger partial charge in [0.25, 0.3) is 0 Å². The van der Waals surface area contributed by atoms with Gasteiger partial charge in [-0.05, 0) is 30.9 Å². The van der Waals surface area contributed by atoms with E-state index in [0.717, 1.165) is 37.8 Å². The quantitative estimate of drug-likeness (QED) is 0.866. The maximum absolute atomic E-state index is 5.25. The highest BCUT2D eigenvalue weighted by atomic mass is 16.5. The summed E-state index contributed by atoms with van der Waals surface area (Å²) in [7, 11) is 1.79. The largest absolute Gasteiger partial charge is 0.384 e. The number of pyridine rings is 1. The third-order valence-corrected chi connectivity index (χ3v) is 3.82. The molecule has 1 aromatic heterocycles. The third-order valence-electron chi connectivity index (χ3n) is 3.82. The van der Waals surface area contributed by atoms with Gasteiger partial charge in [-0.15, -0.1) is 0 Å². The molecule has 4 heteroatoms. The number of anilines is 1. The molecule has 0 amide bonds. The van der Waals surface area contributed by atoms with Gasteiger partial charge >= 0.3 is 0 Å². The molecule has 20 heavy (non-hydrogen) atoms. The Hall–Kier alpha value is -1.13. The Morgan fingerprint density at radius 2 is 2.10 bits per heavy atom. The number of ether oxygens (including phenoxy) is 1. The van der Waals surface area contributed by atoms with Gasteiger partial charge in [0.05, 0.1) is 5.69 Å². The van der Waals surface area contributed by atoms with Crippen LogP contribution in [0.25, 0.3) is 0 Å². The van der Waals surface area contributed by atoms with Crippen molar-refractivity contribution in [1.29, 1.82) is 0 Å². The summed E-state index contributed by atoms with van der Waals surface area (Å²) >= 11 is 0. The van der Waals surface area contributed by atoms with Gasteiger partial charge in [-0.3, -0.25) is 0 Å². The number of methoxy groups -OCH3 is 1. The summed E-state index contributed by atoms with van der Waals surface area (Å²) in [5.74, 6) is 1.82. The highest BCUT2D eigenvalue weighted by Crippen LogP contribution is 2.22. The van der Waals surface area contributed by atoms with Crippen molar-refractivity contribution in [3.05, 3.63) is 23.9 Å². The first-order valence-electron chi connectivity index (χ1n) is 7.62. The fourth-order valence-corrected chi connectivity index (χ4v) is 2.61. The Kier molecular flexibility index (Phi) is 5.80. The second-order valence-electron chi connectivity index (χ2n) is 5.91. The molecule has 1 fully saturated rings. The van der Waals surface area contributed by atoms with Gasteiger partial charge in [-0.1, -0.05) is 19.9 Å². The number of aromatic nitrogens is 1. The zero-order valence-corrected chi connectivity index (χ0v) is 12.9. The molecular formula is C16H27N3O. The number of nitrogens with zero attached hydrogens (tertiary/aromatic N) is 2. The predicted molar refractivity (Wildman–Crippen MR) is 83.0 cm³/mol. The molecule has 0 aliphatic carbocycles. The highest BCUT2D eigenvalue weighted by Gasteiger charge is 2.20. The molecule has 0 atom stereocenters. The van der Waals surface area contributed by atoms with Gasteiger partial charge < -0.3 is 15.0 Å². The summed E-state index contributed by atoms with van der Waals surface area (Å²) < 4.78 is 5.25. The number of nitrogens with one attached hydrogen (secondary N) is 1. The van der Waals surface area contributed by atoms with Gasteiger partial charge in [0.2, 0.25) is 0 Å². The van der Waals surface area contributed by atoms with Crippen LogP contribution >= 0.6 is 0 Å². The minimum absolute atomic E-state index is 0.491. The van der Waals surface area contributed by atoms with Crippen LogP contribution in [0.15, 0.2) is 18.2 Å². The molecule has 112 valence electrons. The molecule has 4 nitrogen and oxygen atoms in total. The van der Waals surface area contributed by atoms with Gasteiger partial charge in [0, 0.05) is 39.4 Å². The summed E-state index contributed by atoms with van der Waals surface area (Å²) in [6.45, 7) is 8.21. The molecule has 0 radical (unpaired) electrons. The van der Waals surface area contributed by atoms with Crippen LogP contribution in [0.5, 0.6) is 0 Å². The molecule has 1 N–H and O–H groups in total. The van der Waals surface area contributed by atoms with E-state index in [1.807, 2.05) is 0 Å². The van der Waals surface area contributed by atoms with Crippen LogP contribution in [0.4, 0.5) is 5.82 Å². The molecule has 2 rings (SSSR count). The topological polar surface area (TPSA) is 37.4 Å². The zero-order valence-electron chi connectivity index (χ0n) is 12.9. The average Bonchev–Trinajstić information content (AvgIpc) is 2.47. The number of piperidine rings is 1. The van der Waals surface area contributed by atoms with E-state index in [1.165, 1.54) is 12.8 Å². The molecule has 1 aromatic rings. The van der Waals surface area contributed by atoms with Crippen LogP contribution in [-0.4, -0.2) is 37.8 Å². The Bertz CT molecular complexity index is 400. The van der Waals surface area contributed by atoms with Gasteiger partial charge in [0.1, 0.15) is 5.82 Å². The second-order valence-corrected chi connectivity index (χ2v) is 5.91. The zero-order chi connectivity index (χ0) is 14.4. The highest BCUT2D eigenvalue weighted by molar-refractivity contribution is 5.39. The van der Waals surface area contributed by atoms with E-state index < -0.39 is 0 Å². The molecule has 1 aliphatic rings. The maximum Gasteiger partial charge on any atom is 0.128 e. The van der Waals surface area contributed by atoms with E-state index in [4.69, 9.17) is 9.72 Å². The molecule has 2 heterocycles. The van der Waals surface area contributed by atoms with Crippen molar-refractivity contribution in [1.82, 2.24) is 10.3 Å². The summed E-state index contributed by atoms with van der Waals surface area (Å²) in [4.78, 5) is 7.17. The van der Waals surface area contributed by atoms with Gasteiger partial charge in [-0.2, -0.15) is 0 Å². The third kappa shape index (κ3) is 4.46. The smallest absolute Gasteiger partial charge is 0.128 e. The lowest BCUT2D eigenvalue weighted by atomic mass is 9.98. The number of hydrogen-bond donors (Lipinski definition) is 1. The van der Waals surface area contributed by atoms with Crippen LogP contribution < -0.4 is 10.2 Å². The summed E-state index contributed by atoms with van der Waals surface area (Å²) in [6, 6.07) is 6.82. The van der Waals surface area contributed by atoms with Crippen molar-refractivity contribution < 1.29 is 4.74 Å². The van der Waals surface area contributed by atoms with E-state index in [0.29, 0.717) is 12.0 Å². The average molecular weight is 277 g/mol. The first kappa shape index (κ1) is 15.3. The summed E-state index contributed by atoms with van der Waals surface area (Å²) in [6.07, 6.45) is 2.40. The van der Waals surface area contributed by atoms with Crippen molar-refractivity contribution in [2.75, 3.05) is 31.7 Å². The van der Waals surface area contributed by atoms with Crippen LogP contribution in [0.2, 0.25) is 0 Å². The lowest BCUT2D eigenvalue weighted by Crippen LogP contribution is -2.35. The molecule has 0 bridgehead atoms.